The molecule has 2 N–H and O–H groups in total. The second kappa shape index (κ2) is 4.45. The van der Waals surface area contributed by atoms with Crippen LogP contribution in [0.4, 0.5) is 0 Å². The monoisotopic (exact) mass is 216 g/mol. The summed E-state index contributed by atoms with van der Waals surface area (Å²) in [6.07, 6.45) is 4.69. The van der Waals surface area contributed by atoms with E-state index in [1.807, 2.05) is 31.5 Å². The van der Waals surface area contributed by atoms with Gasteiger partial charge in [0.1, 0.15) is 0 Å². The fourth-order valence-electron chi connectivity index (χ4n) is 1.59. The number of hydrogen-bond donors (Lipinski definition) is 1. The van der Waals surface area contributed by atoms with Crippen LogP contribution < -0.4 is 5.73 Å². The zero-order chi connectivity index (χ0) is 11.5. The summed E-state index contributed by atoms with van der Waals surface area (Å²) in [5.41, 5.74) is 8.93. The molecule has 0 aliphatic heterocycles. The maximum Gasteiger partial charge on any atom is 0.153 e. The zero-order valence-electron chi connectivity index (χ0n) is 9.64. The molecule has 0 amide bonds. The summed E-state index contributed by atoms with van der Waals surface area (Å²) >= 11 is 0. The Hall–Kier alpha value is -1.68. The molecule has 2 rings (SSSR count). The van der Waals surface area contributed by atoms with E-state index in [4.69, 9.17) is 5.73 Å². The Labute approximate surface area is 95.1 Å². The molecule has 0 unspecified atom stereocenters. The number of pyridine rings is 1. The predicted molar refractivity (Wildman–Crippen MR) is 63.4 cm³/mol. The van der Waals surface area contributed by atoms with E-state index in [0.717, 1.165) is 29.1 Å². The SMILES string of the molecule is CCc1cc(CN)cc(-n2cc(C)cn2)n1. The topological polar surface area (TPSA) is 56.7 Å². The lowest BCUT2D eigenvalue weighted by Gasteiger charge is -2.06. The van der Waals surface area contributed by atoms with Crippen molar-refractivity contribution in [2.45, 2.75) is 26.8 Å². The Morgan fingerprint density at radius 3 is 2.75 bits per heavy atom. The van der Waals surface area contributed by atoms with E-state index < -0.39 is 0 Å². The van der Waals surface area contributed by atoms with Crippen LogP contribution in [0.1, 0.15) is 23.7 Å². The van der Waals surface area contributed by atoms with Crippen molar-refractivity contribution in [2.24, 2.45) is 5.73 Å². The van der Waals surface area contributed by atoms with Gasteiger partial charge in [0.2, 0.25) is 0 Å². The fourth-order valence-corrected chi connectivity index (χ4v) is 1.59. The van der Waals surface area contributed by atoms with Crippen molar-refractivity contribution in [2.75, 3.05) is 0 Å². The summed E-state index contributed by atoms with van der Waals surface area (Å²) in [5.74, 6) is 0.841. The Morgan fingerprint density at radius 1 is 1.38 bits per heavy atom. The molecular weight excluding hydrogens is 200 g/mol. The highest BCUT2D eigenvalue weighted by Gasteiger charge is 2.03. The molecule has 84 valence electrons. The average molecular weight is 216 g/mol. The fraction of sp³-hybridized carbons (Fsp3) is 0.333. The summed E-state index contributed by atoms with van der Waals surface area (Å²) in [5, 5.41) is 4.25. The first-order valence-electron chi connectivity index (χ1n) is 5.44. The van der Waals surface area contributed by atoms with Gasteiger partial charge in [0.15, 0.2) is 5.82 Å². The first-order chi connectivity index (χ1) is 7.72. The molecule has 4 nitrogen and oxygen atoms in total. The van der Waals surface area contributed by atoms with E-state index in [1.165, 1.54) is 0 Å². The lowest BCUT2D eigenvalue weighted by atomic mass is 10.2. The molecule has 0 radical (unpaired) electrons. The molecule has 0 aliphatic carbocycles. The van der Waals surface area contributed by atoms with Gasteiger partial charge in [0, 0.05) is 18.4 Å². The van der Waals surface area contributed by atoms with Crippen molar-refractivity contribution in [3.8, 4) is 5.82 Å². The molecule has 0 atom stereocenters. The van der Waals surface area contributed by atoms with Crippen LogP contribution in [0.15, 0.2) is 24.5 Å². The molecule has 2 aromatic rings. The number of aryl methyl sites for hydroxylation is 2. The summed E-state index contributed by atoms with van der Waals surface area (Å²) in [4.78, 5) is 4.53. The Balaban J connectivity index is 2.47. The highest BCUT2D eigenvalue weighted by Crippen LogP contribution is 2.11. The van der Waals surface area contributed by atoms with Gasteiger partial charge in [-0.1, -0.05) is 6.92 Å². The molecule has 0 spiro atoms. The van der Waals surface area contributed by atoms with Gasteiger partial charge in [0.25, 0.3) is 0 Å². The molecule has 0 fully saturated rings. The average Bonchev–Trinajstić information content (AvgIpc) is 2.75. The molecule has 0 saturated carbocycles. The molecule has 0 aromatic carbocycles. The Morgan fingerprint density at radius 2 is 2.19 bits per heavy atom. The minimum absolute atomic E-state index is 0.531. The molecule has 2 aromatic heterocycles. The van der Waals surface area contributed by atoms with Gasteiger partial charge in [-0.05, 0) is 36.6 Å². The molecule has 0 aliphatic rings. The summed E-state index contributed by atoms with van der Waals surface area (Å²) < 4.78 is 1.79. The van der Waals surface area contributed by atoms with Crippen LogP contribution in [-0.4, -0.2) is 14.8 Å². The quantitative estimate of drug-likeness (QED) is 0.847. The first-order valence-corrected chi connectivity index (χ1v) is 5.44. The zero-order valence-corrected chi connectivity index (χ0v) is 9.64. The van der Waals surface area contributed by atoms with Gasteiger partial charge in [-0.15, -0.1) is 0 Å². The molecular formula is C12H16N4. The minimum atomic E-state index is 0.531. The third-order valence-electron chi connectivity index (χ3n) is 2.47. The second-order valence-electron chi connectivity index (χ2n) is 3.84. The highest BCUT2D eigenvalue weighted by molar-refractivity contribution is 5.31. The van der Waals surface area contributed by atoms with E-state index >= 15 is 0 Å². The molecule has 0 bridgehead atoms. The predicted octanol–water partition coefficient (Wildman–Crippen LogP) is 1.60. The van der Waals surface area contributed by atoms with Crippen LogP contribution in [0.25, 0.3) is 5.82 Å². The van der Waals surface area contributed by atoms with E-state index in [2.05, 4.69) is 17.0 Å². The second-order valence-corrected chi connectivity index (χ2v) is 3.84. The van der Waals surface area contributed by atoms with Crippen molar-refractivity contribution in [1.82, 2.24) is 14.8 Å². The largest absolute Gasteiger partial charge is 0.326 e. The number of nitrogens with two attached hydrogens (primary N) is 1. The van der Waals surface area contributed by atoms with E-state index in [-0.39, 0.29) is 0 Å². The minimum Gasteiger partial charge on any atom is -0.326 e. The smallest absolute Gasteiger partial charge is 0.153 e. The van der Waals surface area contributed by atoms with E-state index in [1.54, 1.807) is 4.68 Å². The number of aromatic nitrogens is 3. The van der Waals surface area contributed by atoms with Crippen LogP contribution >= 0.6 is 0 Å². The van der Waals surface area contributed by atoms with Crippen LogP contribution in [0.5, 0.6) is 0 Å². The van der Waals surface area contributed by atoms with Gasteiger partial charge in [0.05, 0.1) is 6.20 Å². The van der Waals surface area contributed by atoms with Crippen molar-refractivity contribution in [1.29, 1.82) is 0 Å². The van der Waals surface area contributed by atoms with Crippen molar-refractivity contribution < 1.29 is 0 Å². The van der Waals surface area contributed by atoms with E-state index in [0.29, 0.717) is 6.54 Å². The Kier molecular flexibility index (Phi) is 3.01. The third-order valence-corrected chi connectivity index (χ3v) is 2.47. The molecule has 16 heavy (non-hydrogen) atoms. The lowest BCUT2D eigenvalue weighted by Crippen LogP contribution is -2.05. The van der Waals surface area contributed by atoms with Crippen molar-refractivity contribution in [3.63, 3.8) is 0 Å². The van der Waals surface area contributed by atoms with Crippen molar-refractivity contribution in [3.05, 3.63) is 41.3 Å². The van der Waals surface area contributed by atoms with Crippen LogP contribution in [0, 0.1) is 6.92 Å². The van der Waals surface area contributed by atoms with Crippen molar-refractivity contribution >= 4 is 0 Å². The number of rotatable bonds is 3. The number of hydrogen-bond acceptors (Lipinski definition) is 3. The summed E-state index contributed by atoms with van der Waals surface area (Å²) in [7, 11) is 0. The Bertz CT molecular complexity index is 465. The molecule has 4 heteroatoms. The van der Waals surface area contributed by atoms with Gasteiger partial charge in [-0.3, -0.25) is 0 Å². The summed E-state index contributed by atoms with van der Waals surface area (Å²) in [6, 6.07) is 4.02. The maximum atomic E-state index is 5.67. The summed E-state index contributed by atoms with van der Waals surface area (Å²) in [6.45, 7) is 4.63. The molecule has 0 saturated heterocycles. The van der Waals surface area contributed by atoms with Crippen LogP contribution in [0.2, 0.25) is 0 Å². The lowest BCUT2D eigenvalue weighted by molar-refractivity contribution is 0.825. The maximum absolute atomic E-state index is 5.67. The first kappa shape index (κ1) is 10.8. The third kappa shape index (κ3) is 2.12. The standard InChI is InChI=1S/C12H16N4/c1-3-11-4-10(6-13)5-12(15-11)16-8-9(2)7-14-16/h4-5,7-8H,3,6,13H2,1-2H3. The highest BCUT2D eigenvalue weighted by atomic mass is 15.3. The normalized spacial score (nSPS) is 10.7. The van der Waals surface area contributed by atoms with Gasteiger partial charge >= 0.3 is 0 Å². The van der Waals surface area contributed by atoms with E-state index in [9.17, 15) is 0 Å². The van der Waals surface area contributed by atoms with Crippen LogP contribution in [0.3, 0.4) is 0 Å². The van der Waals surface area contributed by atoms with Gasteiger partial charge in [-0.25, -0.2) is 9.67 Å². The van der Waals surface area contributed by atoms with Gasteiger partial charge < -0.3 is 5.73 Å². The molecule has 2 heterocycles. The van der Waals surface area contributed by atoms with Crippen LogP contribution in [-0.2, 0) is 13.0 Å². The van der Waals surface area contributed by atoms with Gasteiger partial charge in [-0.2, -0.15) is 5.10 Å². The number of nitrogens with zero attached hydrogens (tertiary/aromatic N) is 3.